The molecule has 0 bridgehead atoms. The second kappa shape index (κ2) is 37.5. The van der Waals surface area contributed by atoms with E-state index in [1.807, 2.05) is 0 Å². The van der Waals surface area contributed by atoms with Crippen LogP contribution in [0.25, 0.3) is 0 Å². The lowest BCUT2D eigenvalue weighted by molar-refractivity contribution is 0.0106. The maximum absolute atomic E-state index is 9.35. The number of benzene rings is 3. The van der Waals surface area contributed by atoms with Crippen LogP contribution in [-0.2, 0) is 38.8 Å². The lowest BCUT2D eigenvalue weighted by atomic mass is 9.79. The molecule has 0 aromatic heterocycles. The van der Waals surface area contributed by atoms with Crippen LogP contribution in [0.5, 0.6) is 0 Å². The van der Waals surface area contributed by atoms with Gasteiger partial charge in [0.15, 0.2) is 0 Å². The van der Waals surface area contributed by atoms with Gasteiger partial charge < -0.3 is 68.3 Å². The highest BCUT2D eigenvalue weighted by Crippen LogP contribution is 2.42. The Hall–Kier alpha value is -3.38. The molecule has 0 fully saturated rings. The molecule has 0 amide bonds. The summed E-state index contributed by atoms with van der Waals surface area (Å²) < 4.78 is 41.3. The number of aliphatic hydroxyl groups excluding tert-OH is 4. The number of anilines is 3. The molecule has 3 aromatic carbocycles. The molecule has 0 saturated carbocycles. The lowest BCUT2D eigenvalue weighted by Gasteiger charge is -2.37. The van der Waals surface area contributed by atoms with E-state index in [2.05, 4.69) is 109 Å². The molecule has 14 nitrogen and oxygen atoms in total. The highest BCUT2D eigenvalue weighted by atomic mass is 16.5. The van der Waals surface area contributed by atoms with E-state index in [9.17, 15) is 10.2 Å². The molecule has 0 saturated heterocycles. The summed E-state index contributed by atoms with van der Waals surface area (Å²) in [5, 5.41) is 36.8. The highest BCUT2D eigenvalue weighted by Gasteiger charge is 2.38. The number of aliphatic hydroxyl groups is 4. The summed E-state index contributed by atoms with van der Waals surface area (Å²) in [6, 6.07) is 26.0. The summed E-state index contributed by atoms with van der Waals surface area (Å²) in [5.41, 5.74) is 5.23. The van der Waals surface area contributed by atoms with Crippen molar-refractivity contribution in [2.45, 2.75) is 76.7 Å². The van der Waals surface area contributed by atoms with Gasteiger partial charge in [0.05, 0.1) is 106 Å². The number of hydrogen-bond donors (Lipinski definition) is 4. The van der Waals surface area contributed by atoms with Gasteiger partial charge in [-0.1, -0.05) is 101 Å². The van der Waals surface area contributed by atoms with E-state index in [0.29, 0.717) is 85.6 Å². The first-order chi connectivity index (χ1) is 32.9. The molecule has 0 heterocycles. The quantitative estimate of drug-likeness (QED) is 0.0353. The summed E-state index contributed by atoms with van der Waals surface area (Å²) in [7, 11) is 4.10. The van der Waals surface area contributed by atoms with Crippen LogP contribution in [0.3, 0.4) is 0 Å². The summed E-state index contributed by atoms with van der Waals surface area (Å²) >= 11 is 0. The normalized spacial score (nSPS) is 11.7. The minimum Gasteiger partial charge on any atom is -0.394 e. The summed E-state index contributed by atoms with van der Waals surface area (Å²) in [6.45, 7) is 9.93. The number of hydrogen-bond acceptors (Lipinski definition) is 14. The molecule has 3 aromatic rings. The van der Waals surface area contributed by atoms with Crippen molar-refractivity contribution < 1.29 is 53.6 Å². The standard InChI is InChI=1S/C53H87N3O11/c1-4-5-6-7-8-9-10-11-12-13-34-67-53(47-14-20-50(21-15-47)54(2)3,48-16-22-51(23-17-48)55(26-35-61-39-30-57)28-37-63-43-45-65-41-32-59)49-18-24-52(25-19-49)56(27-36-62-40-31-58)29-38-64-44-46-66-42-33-60/h14-25,57-60H,4-13,26-46H2,1-3H3. The van der Waals surface area contributed by atoms with Gasteiger partial charge in [-0.25, -0.2) is 0 Å². The molecule has 0 aliphatic carbocycles. The van der Waals surface area contributed by atoms with Gasteiger partial charge in [0.2, 0.25) is 0 Å². The molecule has 0 spiro atoms. The van der Waals surface area contributed by atoms with Crippen LogP contribution in [-0.4, -0.2) is 173 Å². The molecule has 380 valence electrons. The van der Waals surface area contributed by atoms with Crippen molar-refractivity contribution in [2.24, 2.45) is 0 Å². The Morgan fingerprint density at radius 3 is 0.985 bits per heavy atom. The van der Waals surface area contributed by atoms with Gasteiger partial charge in [-0.15, -0.1) is 0 Å². The van der Waals surface area contributed by atoms with E-state index < -0.39 is 5.60 Å². The van der Waals surface area contributed by atoms with E-state index >= 15 is 0 Å². The van der Waals surface area contributed by atoms with Crippen molar-refractivity contribution >= 4 is 17.1 Å². The Labute approximate surface area is 403 Å². The third-order valence-electron chi connectivity index (χ3n) is 11.6. The second-order valence-electron chi connectivity index (χ2n) is 16.8. The molecule has 0 radical (unpaired) electrons. The van der Waals surface area contributed by atoms with Gasteiger partial charge in [0.25, 0.3) is 0 Å². The zero-order chi connectivity index (χ0) is 48.1. The molecule has 0 unspecified atom stereocenters. The average Bonchev–Trinajstić information content (AvgIpc) is 3.35. The molecule has 0 aliphatic heterocycles. The van der Waals surface area contributed by atoms with Crippen molar-refractivity contribution in [2.75, 3.05) is 167 Å². The third kappa shape index (κ3) is 22.7. The van der Waals surface area contributed by atoms with Crippen LogP contribution in [0.2, 0.25) is 0 Å². The van der Waals surface area contributed by atoms with Crippen molar-refractivity contribution in [3.05, 3.63) is 89.5 Å². The van der Waals surface area contributed by atoms with Gasteiger partial charge in [-0.05, 0) is 59.5 Å². The fraction of sp³-hybridized carbons (Fsp3) is 0.660. The van der Waals surface area contributed by atoms with Gasteiger partial charge in [0, 0.05) is 63.9 Å². The summed E-state index contributed by atoms with van der Waals surface area (Å²) in [4.78, 5) is 6.57. The SMILES string of the molecule is CCCCCCCCCCCCOC(c1ccc(N(C)C)cc1)(c1ccc(N(CCOCCO)CCOCCOCCO)cc1)c1ccc(N(CCOCCO)CCOCCOCCO)cc1. The van der Waals surface area contributed by atoms with Crippen LogP contribution in [0.15, 0.2) is 72.8 Å². The van der Waals surface area contributed by atoms with E-state index in [-0.39, 0.29) is 52.9 Å². The number of rotatable bonds is 44. The minimum atomic E-state index is -0.944. The molecule has 0 atom stereocenters. The number of unbranched alkanes of at least 4 members (excludes halogenated alkanes) is 9. The van der Waals surface area contributed by atoms with Crippen LogP contribution in [0.4, 0.5) is 17.1 Å². The fourth-order valence-electron chi connectivity index (χ4n) is 7.92. The van der Waals surface area contributed by atoms with Crippen molar-refractivity contribution in [3.63, 3.8) is 0 Å². The van der Waals surface area contributed by atoms with Gasteiger partial charge >= 0.3 is 0 Å². The van der Waals surface area contributed by atoms with Gasteiger partial charge in [-0.3, -0.25) is 0 Å². The Kier molecular flexibility index (Phi) is 32.4. The van der Waals surface area contributed by atoms with Crippen molar-refractivity contribution in [1.29, 1.82) is 0 Å². The van der Waals surface area contributed by atoms with Crippen LogP contribution in [0, 0.1) is 0 Å². The lowest BCUT2D eigenvalue weighted by Crippen LogP contribution is -2.35. The zero-order valence-electron chi connectivity index (χ0n) is 41.3. The predicted octanol–water partition coefficient (Wildman–Crippen LogP) is 6.66. The van der Waals surface area contributed by atoms with E-state index in [1.165, 1.54) is 51.4 Å². The predicted molar refractivity (Wildman–Crippen MR) is 269 cm³/mol. The van der Waals surface area contributed by atoms with E-state index in [4.69, 9.17) is 43.4 Å². The smallest absolute Gasteiger partial charge is 0.143 e. The maximum Gasteiger partial charge on any atom is 0.143 e. The molecule has 0 aliphatic rings. The van der Waals surface area contributed by atoms with Crippen LogP contribution in [0.1, 0.15) is 87.8 Å². The van der Waals surface area contributed by atoms with E-state index in [0.717, 1.165) is 46.6 Å². The zero-order valence-corrected chi connectivity index (χ0v) is 41.3. The first-order valence-electron chi connectivity index (χ1n) is 25.0. The third-order valence-corrected chi connectivity index (χ3v) is 11.6. The Bertz CT molecular complexity index is 1510. The van der Waals surface area contributed by atoms with Crippen molar-refractivity contribution in [1.82, 2.24) is 0 Å². The maximum atomic E-state index is 9.35. The molecule has 4 N–H and O–H groups in total. The first kappa shape index (κ1) is 57.9. The monoisotopic (exact) mass is 942 g/mol. The van der Waals surface area contributed by atoms with Gasteiger partial charge in [0.1, 0.15) is 5.60 Å². The Balaban J connectivity index is 2.01. The second-order valence-corrected chi connectivity index (χ2v) is 16.8. The molecule has 67 heavy (non-hydrogen) atoms. The summed E-state index contributed by atoms with van der Waals surface area (Å²) in [6.07, 6.45) is 12.4. The number of nitrogens with zero attached hydrogens (tertiary/aromatic N) is 3. The molecule has 3 rings (SSSR count). The Morgan fingerprint density at radius 2 is 0.657 bits per heavy atom. The largest absolute Gasteiger partial charge is 0.394 e. The summed E-state index contributed by atoms with van der Waals surface area (Å²) in [5.74, 6) is 0. The topological polar surface area (TPSA) is 155 Å². The minimum absolute atomic E-state index is 0.0159. The van der Waals surface area contributed by atoms with Crippen LogP contribution >= 0.6 is 0 Å². The Morgan fingerprint density at radius 1 is 0.358 bits per heavy atom. The molecule has 14 heteroatoms. The molecular formula is C53H87N3O11. The van der Waals surface area contributed by atoms with Crippen molar-refractivity contribution in [3.8, 4) is 0 Å². The number of ether oxygens (including phenoxy) is 7. The fourth-order valence-corrected chi connectivity index (χ4v) is 7.92. The highest BCUT2D eigenvalue weighted by molar-refractivity contribution is 5.58. The van der Waals surface area contributed by atoms with Gasteiger partial charge in [-0.2, -0.15) is 0 Å². The average molecular weight is 942 g/mol. The van der Waals surface area contributed by atoms with Crippen LogP contribution < -0.4 is 14.7 Å². The van der Waals surface area contributed by atoms with E-state index in [1.54, 1.807) is 0 Å². The first-order valence-corrected chi connectivity index (χ1v) is 25.0. The molecular weight excluding hydrogens is 855 g/mol.